The van der Waals surface area contributed by atoms with Crippen molar-refractivity contribution in [2.24, 2.45) is 0 Å². The van der Waals surface area contributed by atoms with Gasteiger partial charge in [0.2, 0.25) is 0 Å². The van der Waals surface area contributed by atoms with Gasteiger partial charge < -0.3 is 19.9 Å². The summed E-state index contributed by atoms with van der Waals surface area (Å²) in [4.78, 5) is 3.89. The number of methoxy groups -OCH3 is 1. The van der Waals surface area contributed by atoms with Gasteiger partial charge in [-0.05, 0) is 42.0 Å². The highest BCUT2D eigenvalue weighted by Gasteiger charge is 2.21. The smallest absolute Gasteiger partial charge is 0.169 e. The molecule has 0 bridgehead atoms. The Morgan fingerprint density at radius 1 is 1.04 bits per heavy atom. The number of hydrogen-bond donors (Lipinski definition) is 2. The summed E-state index contributed by atoms with van der Waals surface area (Å²) in [5.41, 5.74) is 2.61. The van der Waals surface area contributed by atoms with Gasteiger partial charge in [-0.25, -0.2) is 0 Å². The van der Waals surface area contributed by atoms with Crippen molar-refractivity contribution < 1.29 is 9.64 Å². The van der Waals surface area contributed by atoms with Crippen LogP contribution in [0, 0.1) is 0 Å². The van der Waals surface area contributed by atoms with E-state index in [4.69, 9.17) is 17.0 Å². The summed E-state index contributed by atoms with van der Waals surface area (Å²) in [6, 6.07) is 18.8. The minimum atomic E-state index is 0.790. The molecule has 2 aromatic carbocycles. The van der Waals surface area contributed by atoms with Crippen molar-refractivity contribution in [1.29, 1.82) is 0 Å². The molecule has 1 saturated heterocycles. The van der Waals surface area contributed by atoms with E-state index in [2.05, 4.69) is 46.6 Å². The van der Waals surface area contributed by atoms with Crippen LogP contribution < -0.4 is 15.0 Å². The molecule has 0 spiro atoms. The van der Waals surface area contributed by atoms with Crippen LogP contribution in [0.25, 0.3) is 0 Å². The number of thiocarbonyl (C=S) groups is 1. The van der Waals surface area contributed by atoms with Crippen LogP contribution in [-0.2, 0) is 13.1 Å². The summed E-state index contributed by atoms with van der Waals surface area (Å²) >= 11 is 5.56. The largest absolute Gasteiger partial charge is 0.497 e. The maximum Gasteiger partial charge on any atom is 0.169 e. The Hall–Kier alpha value is -2.11. The van der Waals surface area contributed by atoms with Crippen LogP contribution in [0.1, 0.15) is 11.1 Å². The fraction of sp³-hybridized carbons (Fsp3) is 0.350. The maximum atomic E-state index is 5.56. The third-order valence-corrected chi connectivity index (χ3v) is 5.06. The highest BCUT2D eigenvalue weighted by atomic mass is 32.1. The van der Waals surface area contributed by atoms with Gasteiger partial charge >= 0.3 is 0 Å². The molecule has 4 nitrogen and oxygen atoms in total. The second-order valence-corrected chi connectivity index (χ2v) is 6.79. The molecular formula is C20H26N3OS+. The van der Waals surface area contributed by atoms with Crippen LogP contribution in [0.5, 0.6) is 5.75 Å². The second-order valence-electron chi connectivity index (χ2n) is 6.41. The lowest BCUT2D eigenvalue weighted by Gasteiger charge is -2.34. The van der Waals surface area contributed by atoms with Crippen LogP contribution in [0.4, 0.5) is 0 Å². The first-order valence-electron chi connectivity index (χ1n) is 8.78. The minimum absolute atomic E-state index is 0.790. The van der Waals surface area contributed by atoms with Gasteiger partial charge in [-0.3, -0.25) is 0 Å². The number of nitrogens with zero attached hydrogens (tertiary/aromatic N) is 1. The van der Waals surface area contributed by atoms with E-state index in [0.717, 1.165) is 50.1 Å². The molecular weight excluding hydrogens is 330 g/mol. The Morgan fingerprint density at radius 3 is 2.36 bits per heavy atom. The first-order valence-corrected chi connectivity index (χ1v) is 9.18. The molecule has 2 N–H and O–H groups in total. The predicted octanol–water partition coefficient (Wildman–Crippen LogP) is 1.47. The molecule has 1 aliphatic rings. The Labute approximate surface area is 155 Å². The monoisotopic (exact) mass is 356 g/mol. The van der Waals surface area contributed by atoms with E-state index in [0.29, 0.717) is 0 Å². The molecule has 0 amide bonds. The Bertz CT molecular complexity index is 667. The van der Waals surface area contributed by atoms with Crippen molar-refractivity contribution >= 4 is 17.3 Å². The van der Waals surface area contributed by atoms with E-state index < -0.39 is 0 Å². The third kappa shape index (κ3) is 5.18. The van der Waals surface area contributed by atoms with Gasteiger partial charge in [0.1, 0.15) is 12.3 Å². The molecule has 1 heterocycles. The van der Waals surface area contributed by atoms with E-state index in [9.17, 15) is 0 Å². The van der Waals surface area contributed by atoms with Crippen LogP contribution in [0.3, 0.4) is 0 Å². The number of benzene rings is 2. The van der Waals surface area contributed by atoms with E-state index >= 15 is 0 Å². The first-order chi connectivity index (χ1) is 12.2. The van der Waals surface area contributed by atoms with Crippen LogP contribution in [-0.4, -0.2) is 43.3 Å². The van der Waals surface area contributed by atoms with Gasteiger partial charge in [0.25, 0.3) is 0 Å². The zero-order valence-electron chi connectivity index (χ0n) is 14.7. The molecule has 25 heavy (non-hydrogen) atoms. The van der Waals surface area contributed by atoms with E-state index in [1.165, 1.54) is 11.1 Å². The van der Waals surface area contributed by atoms with Crippen molar-refractivity contribution in [2.75, 3.05) is 33.3 Å². The predicted molar refractivity (Wildman–Crippen MR) is 105 cm³/mol. The lowest BCUT2D eigenvalue weighted by molar-refractivity contribution is -0.917. The molecule has 5 heteroatoms. The van der Waals surface area contributed by atoms with Crippen molar-refractivity contribution in [2.45, 2.75) is 13.1 Å². The zero-order valence-corrected chi connectivity index (χ0v) is 15.5. The summed E-state index contributed by atoms with van der Waals surface area (Å²) in [6.07, 6.45) is 0. The lowest BCUT2D eigenvalue weighted by Crippen LogP contribution is -3.13. The van der Waals surface area contributed by atoms with Crippen molar-refractivity contribution in [3.63, 3.8) is 0 Å². The van der Waals surface area contributed by atoms with Crippen LogP contribution in [0.15, 0.2) is 54.6 Å². The molecule has 0 saturated carbocycles. The molecule has 0 aliphatic carbocycles. The topological polar surface area (TPSA) is 28.9 Å². The highest BCUT2D eigenvalue weighted by molar-refractivity contribution is 7.80. The van der Waals surface area contributed by atoms with E-state index in [-0.39, 0.29) is 0 Å². The summed E-state index contributed by atoms with van der Waals surface area (Å²) in [7, 11) is 1.70. The molecule has 3 rings (SSSR count). The molecule has 1 aliphatic heterocycles. The number of nitrogens with one attached hydrogen (secondary N) is 2. The maximum absolute atomic E-state index is 5.56. The Kier molecular flexibility index (Phi) is 6.25. The molecule has 0 aromatic heterocycles. The van der Waals surface area contributed by atoms with Gasteiger partial charge in [0, 0.05) is 12.1 Å². The SMILES string of the molecule is COc1ccc(C[NH+]2CCN(C(=S)NCc3ccccc3)CC2)cc1. The Morgan fingerprint density at radius 2 is 1.72 bits per heavy atom. The van der Waals surface area contributed by atoms with Crippen molar-refractivity contribution in [3.05, 3.63) is 65.7 Å². The normalized spacial score (nSPS) is 15.0. The Balaban J connectivity index is 1.42. The van der Waals surface area contributed by atoms with E-state index in [1.807, 2.05) is 18.2 Å². The molecule has 0 radical (unpaired) electrons. The van der Waals surface area contributed by atoms with Crippen LogP contribution in [0.2, 0.25) is 0 Å². The fourth-order valence-corrected chi connectivity index (χ4v) is 3.37. The standard InChI is InChI=1S/C20H25N3OS/c1-24-19-9-7-18(8-10-19)16-22-11-13-23(14-12-22)20(25)21-15-17-5-3-2-4-6-17/h2-10H,11-16H2,1H3,(H,21,25)/p+1. The average molecular weight is 357 g/mol. The van der Waals surface area contributed by atoms with Crippen LogP contribution >= 0.6 is 12.2 Å². The summed E-state index contributed by atoms with van der Waals surface area (Å²) < 4.78 is 5.22. The molecule has 2 aromatic rings. The van der Waals surface area contributed by atoms with Gasteiger partial charge in [-0.15, -0.1) is 0 Å². The molecule has 0 atom stereocenters. The second kappa shape index (κ2) is 8.83. The number of rotatable bonds is 5. The summed E-state index contributed by atoms with van der Waals surface area (Å²) in [6.45, 7) is 6.08. The van der Waals surface area contributed by atoms with Crippen molar-refractivity contribution in [1.82, 2.24) is 10.2 Å². The van der Waals surface area contributed by atoms with Gasteiger partial charge in [0.05, 0.1) is 33.3 Å². The fourth-order valence-electron chi connectivity index (χ4n) is 3.12. The minimum Gasteiger partial charge on any atom is -0.497 e. The number of quaternary nitrogens is 1. The van der Waals surface area contributed by atoms with Crippen molar-refractivity contribution in [3.8, 4) is 5.75 Å². The third-order valence-electron chi connectivity index (χ3n) is 4.66. The number of piperazine rings is 1. The van der Waals surface area contributed by atoms with Gasteiger partial charge in [-0.2, -0.15) is 0 Å². The average Bonchev–Trinajstić information content (AvgIpc) is 2.68. The van der Waals surface area contributed by atoms with E-state index in [1.54, 1.807) is 12.0 Å². The quantitative estimate of drug-likeness (QED) is 0.794. The molecule has 1 fully saturated rings. The summed E-state index contributed by atoms with van der Waals surface area (Å²) in [5.74, 6) is 0.915. The molecule has 0 unspecified atom stereocenters. The first kappa shape index (κ1) is 17.7. The zero-order chi connectivity index (χ0) is 17.5. The summed E-state index contributed by atoms with van der Waals surface area (Å²) in [5, 5.41) is 4.25. The van der Waals surface area contributed by atoms with Gasteiger partial charge in [0.15, 0.2) is 5.11 Å². The van der Waals surface area contributed by atoms with Gasteiger partial charge in [-0.1, -0.05) is 30.3 Å². The molecule has 132 valence electrons. The number of hydrogen-bond acceptors (Lipinski definition) is 2. The lowest BCUT2D eigenvalue weighted by atomic mass is 10.2. The number of ether oxygens (including phenoxy) is 1. The highest BCUT2D eigenvalue weighted by Crippen LogP contribution is 2.10.